The zero-order valence-electron chi connectivity index (χ0n) is 55.1. The molecule has 0 rings (SSSR count). The molecule has 0 aromatic rings. The van der Waals surface area contributed by atoms with Gasteiger partial charge in [0.2, 0.25) is 0 Å². The third-order valence-corrected chi connectivity index (χ3v) is 16.9. The highest BCUT2D eigenvalue weighted by molar-refractivity contribution is 5.71. The van der Waals surface area contributed by atoms with E-state index in [0.717, 1.165) is 64.2 Å². The molecule has 6 heteroatoms. The fourth-order valence-electron chi connectivity index (χ4n) is 11.4. The van der Waals surface area contributed by atoms with Gasteiger partial charge in [-0.3, -0.25) is 14.4 Å². The van der Waals surface area contributed by atoms with Crippen LogP contribution in [0, 0.1) is 0 Å². The molecule has 0 amide bonds. The second kappa shape index (κ2) is 70.4. The van der Waals surface area contributed by atoms with Gasteiger partial charge >= 0.3 is 17.9 Å². The molecule has 6 nitrogen and oxygen atoms in total. The van der Waals surface area contributed by atoms with Crippen LogP contribution in [0.25, 0.3) is 0 Å². The molecule has 81 heavy (non-hydrogen) atoms. The van der Waals surface area contributed by atoms with Crippen LogP contribution in [0.3, 0.4) is 0 Å². The molecular formula is C75H142O6. The number of allylic oxidation sites excluding steroid dienone is 4. The second-order valence-corrected chi connectivity index (χ2v) is 25.2. The maximum Gasteiger partial charge on any atom is 0.306 e. The van der Waals surface area contributed by atoms with Crippen LogP contribution in [0.1, 0.15) is 419 Å². The van der Waals surface area contributed by atoms with Gasteiger partial charge < -0.3 is 14.2 Å². The molecular weight excluding hydrogens is 997 g/mol. The minimum absolute atomic E-state index is 0.0694. The molecule has 0 heterocycles. The van der Waals surface area contributed by atoms with Crippen molar-refractivity contribution in [2.24, 2.45) is 0 Å². The predicted molar refractivity (Wildman–Crippen MR) is 353 cm³/mol. The van der Waals surface area contributed by atoms with Gasteiger partial charge in [-0.2, -0.15) is 0 Å². The van der Waals surface area contributed by atoms with E-state index >= 15 is 0 Å². The first-order valence-electron chi connectivity index (χ1n) is 36.8. The van der Waals surface area contributed by atoms with Crippen LogP contribution < -0.4 is 0 Å². The Kier molecular flexibility index (Phi) is 68.5. The maximum absolute atomic E-state index is 12.9. The van der Waals surface area contributed by atoms with Gasteiger partial charge in [0.1, 0.15) is 13.2 Å². The Hall–Kier alpha value is -2.11. The molecule has 0 aliphatic rings. The first kappa shape index (κ1) is 78.9. The van der Waals surface area contributed by atoms with E-state index in [4.69, 9.17) is 14.2 Å². The van der Waals surface area contributed by atoms with Crippen molar-refractivity contribution in [3.8, 4) is 0 Å². The monoisotopic (exact) mass is 1140 g/mol. The highest BCUT2D eigenvalue weighted by atomic mass is 16.6. The zero-order chi connectivity index (χ0) is 58.5. The van der Waals surface area contributed by atoms with Crippen molar-refractivity contribution in [2.45, 2.75) is 425 Å². The summed E-state index contributed by atoms with van der Waals surface area (Å²) in [6.45, 7) is 6.69. The van der Waals surface area contributed by atoms with Crippen LogP contribution in [0.4, 0.5) is 0 Å². The Morgan fingerprint density at radius 2 is 0.407 bits per heavy atom. The van der Waals surface area contributed by atoms with Crippen molar-refractivity contribution < 1.29 is 28.6 Å². The third kappa shape index (κ3) is 68.6. The summed E-state index contributed by atoms with van der Waals surface area (Å²) in [5.41, 5.74) is 0. The van der Waals surface area contributed by atoms with Crippen LogP contribution >= 0.6 is 0 Å². The van der Waals surface area contributed by atoms with Crippen LogP contribution in [-0.2, 0) is 28.6 Å². The number of hydrogen-bond acceptors (Lipinski definition) is 6. The van der Waals surface area contributed by atoms with Crippen LogP contribution in [0.15, 0.2) is 24.3 Å². The Bertz CT molecular complexity index is 1310. The van der Waals surface area contributed by atoms with Gasteiger partial charge in [0, 0.05) is 19.3 Å². The molecule has 478 valence electrons. The second-order valence-electron chi connectivity index (χ2n) is 25.2. The summed E-state index contributed by atoms with van der Waals surface area (Å²) < 4.78 is 17.0. The summed E-state index contributed by atoms with van der Waals surface area (Å²) in [5, 5.41) is 0. The fourth-order valence-corrected chi connectivity index (χ4v) is 11.4. The summed E-state index contributed by atoms with van der Waals surface area (Å²) in [7, 11) is 0. The highest BCUT2D eigenvalue weighted by Crippen LogP contribution is 2.19. The fraction of sp³-hybridized carbons (Fsp3) is 0.907. The van der Waals surface area contributed by atoms with Crippen LogP contribution in [0.2, 0.25) is 0 Å². The van der Waals surface area contributed by atoms with E-state index in [-0.39, 0.29) is 31.1 Å². The Balaban J connectivity index is 4.13. The number of hydrogen-bond donors (Lipinski definition) is 0. The summed E-state index contributed by atoms with van der Waals surface area (Å²) >= 11 is 0. The van der Waals surface area contributed by atoms with E-state index in [1.165, 1.54) is 315 Å². The van der Waals surface area contributed by atoms with Crippen molar-refractivity contribution in [1.82, 2.24) is 0 Å². The minimum Gasteiger partial charge on any atom is -0.462 e. The van der Waals surface area contributed by atoms with E-state index in [0.29, 0.717) is 19.3 Å². The summed E-state index contributed by atoms with van der Waals surface area (Å²) in [6.07, 6.45) is 86.6. The van der Waals surface area contributed by atoms with Gasteiger partial charge in [0.15, 0.2) is 6.10 Å². The van der Waals surface area contributed by atoms with E-state index in [1.54, 1.807) is 0 Å². The summed E-state index contributed by atoms with van der Waals surface area (Å²) in [5.74, 6) is -0.851. The first-order chi connectivity index (χ1) is 40.0. The molecule has 0 spiro atoms. The molecule has 0 aliphatic heterocycles. The highest BCUT2D eigenvalue weighted by Gasteiger charge is 2.19. The third-order valence-electron chi connectivity index (χ3n) is 16.9. The van der Waals surface area contributed by atoms with Gasteiger partial charge in [-0.1, -0.05) is 353 Å². The van der Waals surface area contributed by atoms with E-state index < -0.39 is 6.10 Å². The lowest BCUT2D eigenvalue weighted by Gasteiger charge is -2.18. The average molecular weight is 1140 g/mol. The maximum atomic E-state index is 12.9. The minimum atomic E-state index is -0.774. The number of rotatable bonds is 69. The molecule has 0 radical (unpaired) electrons. The smallest absolute Gasteiger partial charge is 0.306 e. The van der Waals surface area contributed by atoms with Crippen molar-refractivity contribution in [1.29, 1.82) is 0 Å². The van der Waals surface area contributed by atoms with Gasteiger partial charge in [0.05, 0.1) is 0 Å². The Labute approximate surface area is 506 Å². The zero-order valence-corrected chi connectivity index (χ0v) is 55.1. The molecule has 0 saturated heterocycles. The van der Waals surface area contributed by atoms with Gasteiger partial charge in [-0.05, 0) is 70.6 Å². The van der Waals surface area contributed by atoms with Crippen molar-refractivity contribution >= 4 is 17.9 Å². The number of unbranched alkanes of at least 4 members (excludes halogenated alkanes) is 54. The Morgan fingerprint density at radius 3 is 0.642 bits per heavy atom. The Morgan fingerprint density at radius 1 is 0.235 bits per heavy atom. The largest absolute Gasteiger partial charge is 0.462 e. The molecule has 0 fully saturated rings. The number of esters is 3. The van der Waals surface area contributed by atoms with Gasteiger partial charge in [-0.25, -0.2) is 0 Å². The standard InChI is InChI=1S/C75H142O6/c1-4-7-10-13-16-19-22-25-27-29-31-33-34-35-36-37-38-39-40-41-43-44-46-48-50-53-56-59-62-65-68-74(77)80-71-72(70-79-73(76)67-64-61-58-55-52-24-21-18-15-12-9-6-3)81-75(78)69-66-63-60-57-54-51-49-47-45-42-32-30-28-26-23-20-17-14-11-8-5-2/h18,21,30,32,72H,4-17,19-20,22-29,31,33-71H2,1-3H3/b21-18-,32-30-. The van der Waals surface area contributed by atoms with Crippen LogP contribution in [0.5, 0.6) is 0 Å². The van der Waals surface area contributed by atoms with Crippen molar-refractivity contribution in [3.63, 3.8) is 0 Å². The lowest BCUT2D eigenvalue weighted by molar-refractivity contribution is -0.167. The van der Waals surface area contributed by atoms with E-state index in [2.05, 4.69) is 45.1 Å². The lowest BCUT2D eigenvalue weighted by Crippen LogP contribution is -2.30. The molecule has 0 saturated carbocycles. The van der Waals surface area contributed by atoms with E-state index in [9.17, 15) is 14.4 Å². The molecule has 0 aromatic heterocycles. The van der Waals surface area contributed by atoms with E-state index in [1.807, 2.05) is 0 Å². The molecule has 0 aliphatic carbocycles. The molecule has 0 aromatic carbocycles. The van der Waals surface area contributed by atoms with Crippen molar-refractivity contribution in [3.05, 3.63) is 24.3 Å². The quantitative estimate of drug-likeness (QED) is 0.0261. The molecule has 0 bridgehead atoms. The average Bonchev–Trinajstić information content (AvgIpc) is 3.47. The van der Waals surface area contributed by atoms with Crippen molar-refractivity contribution in [2.75, 3.05) is 13.2 Å². The van der Waals surface area contributed by atoms with Gasteiger partial charge in [0.25, 0.3) is 0 Å². The summed E-state index contributed by atoms with van der Waals surface area (Å²) in [6, 6.07) is 0. The topological polar surface area (TPSA) is 78.9 Å². The normalized spacial score (nSPS) is 12.1. The molecule has 1 unspecified atom stereocenters. The number of carbonyl (C=O) groups excluding carboxylic acids is 3. The molecule has 1 atom stereocenters. The summed E-state index contributed by atoms with van der Waals surface area (Å²) in [4.78, 5) is 38.4. The van der Waals surface area contributed by atoms with Gasteiger partial charge in [-0.15, -0.1) is 0 Å². The first-order valence-corrected chi connectivity index (χ1v) is 36.8. The lowest BCUT2D eigenvalue weighted by atomic mass is 10.0. The molecule has 0 N–H and O–H groups in total. The SMILES string of the molecule is CCCCC/C=C\CCCCCCCC(=O)OCC(COC(=O)CCCCCCCCCCCCCCCCCCCCCCCCCCCCCCCC)OC(=O)CCCCCCCCCCC/C=C\CCCCCCCCCC. The van der Waals surface area contributed by atoms with Crippen LogP contribution in [-0.4, -0.2) is 37.2 Å². The number of ether oxygens (including phenoxy) is 3. The predicted octanol–water partition coefficient (Wildman–Crippen LogP) is 25.3. The number of carbonyl (C=O) groups is 3.